The van der Waals surface area contributed by atoms with Crippen LogP contribution in [0.1, 0.15) is 18.3 Å². The topological polar surface area (TPSA) is 58.6 Å². The summed E-state index contributed by atoms with van der Waals surface area (Å²) >= 11 is 1.51. The summed E-state index contributed by atoms with van der Waals surface area (Å²) in [5.74, 6) is 1.28. The van der Waals surface area contributed by atoms with E-state index in [0.29, 0.717) is 12.3 Å². The number of thioether (sulfide) groups is 1. The van der Waals surface area contributed by atoms with E-state index < -0.39 is 0 Å². The van der Waals surface area contributed by atoms with Gasteiger partial charge in [0.1, 0.15) is 10.9 Å². The molecule has 0 N–H and O–H groups in total. The van der Waals surface area contributed by atoms with Gasteiger partial charge in [-0.25, -0.2) is 9.97 Å². The van der Waals surface area contributed by atoms with Crippen LogP contribution >= 0.6 is 11.8 Å². The molecule has 1 saturated heterocycles. The molecule has 31 heavy (non-hydrogen) atoms. The number of carbonyl (C=O) groups is 1. The average molecular weight is 435 g/mol. The van der Waals surface area contributed by atoms with Crippen molar-refractivity contribution in [3.63, 3.8) is 0 Å². The number of hydrogen-bond donors (Lipinski definition) is 0. The summed E-state index contributed by atoms with van der Waals surface area (Å²) in [6.07, 6.45) is 0.909. The van der Waals surface area contributed by atoms with Crippen LogP contribution in [0, 0.1) is 0 Å². The Morgan fingerprint density at radius 1 is 1.10 bits per heavy atom. The van der Waals surface area contributed by atoms with Crippen molar-refractivity contribution in [3.8, 4) is 0 Å². The number of benzene rings is 2. The van der Waals surface area contributed by atoms with Crippen LogP contribution in [-0.4, -0.2) is 58.9 Å². The van der Waals surface area contributed by atoms with Gasteiger partial charge < -0.3 is 9.64 Å². The quantitative estimate of drug-likeness (QED) is 0.452. The summed E-state index contributed by atoms with van der Waals surface area (Å²) in [5, 5.41) is 1.88. The molecule has 0 saturated carbocycles. The van der Waals surface area contributed by atoms with Crippen molar-refractivity contribution in [2.24, 2.45) is 0 Å². The van der Waals surface area contributed by atoms with Crippen LogP contribution in [0.3, 0.4) is 0 Å². The number of anilines is 1. The van der Waals surface area contributed by atoms with Gasteiger partial charge in [-0.05, 0) is 31.0 Å². The first-order valence-corrected chi connectivity index (χ1v) is 11.8. The highest BCUT2D eigenvalue weighted by Crippen LogP contribution is 2.33. The van der Waals surface area contributed by atoms with Crippen LogP contribution in [0.2, 0.25) is 0 Å². The van der Waals surface area contributed by atoms with Gasteiger partial charge >= 0.3 is 0 Å². The van der Waals surface area contributed by atoms with E-state index in [1.165, 1.54) is 17.3 Å². The average Bonchev–Trinajstić information content (AvgIpc) is 3.13. The molecule has 3 aromatic rings. The molecule has 3 heterocycles. The van der Waals surface area contributed by atoms with E-state index in [1.54, 1.807) is 0 Å². The second-order valence-corrected chi connectivity index (χ2v) is 9.05. The van der Waals surface area contributed by atoms with E-state index in [-0.39, 0.29) is 11.9 Å². The van der Waals surface area contributed by atoms with Gasteiger partial charge in [0, 0.05) is 30.2 Å². The van der Waals surface area contributed by atoms with Gasteiger partial charge in [-0.15, -0.1) is 0 Å². The maximum atomic E-state index is 13.2. The summed E-state index contributed by atoms with van der Waals surface area (Å²) in [5.41, 5.74) is 3.21. The molecule has 0 radical (unpaired) electrons. The molecule has 1 fully saturated rings. The van der Waals surface area contributed by atoms with Gasteiger partial charge in [-0.2, -0.15) is 0 Å². The molecule has 0 unspecified atom stereocenters. The van der Waals surface area contributed by atoms with Gasteiger partial charge in [0.05, 0.1) is 31.0 Å². The number of fused-ring (bicyclic) bond motifs is 2. The SMILES string of the molecule is C[C@H]1Cc2ccccc2N1C(=O)CSc1nc(CN2CCOCC2)nc2ccccc12. The molecule has 2 aliphatic heterocycles. The van der Waals surface area contributed by atoms with Crippen LogP contribution in [-0.2, 0) is 22.5 Å². The molecular formula is C24H26N4O2S. The molecule has 2 aromatic carbocycles. The molecule has 1 atom stereocenters. The Bertz CT molecular complexity index is 1100. The molecule has 0 aliphatic carbocycles. The van der Waals surface area contributed by atoms with E-state index in [2.05, 4.69) is 17.9 Å². The van der Waals surface area contributed by atoms with Crippen molar-refractivity contribution in [1.82, 2.24) is 14.9 Å². The van der Waals surface area contributed by atoms with E-state index >= 15 is 0 Å². The number of hydrogen-bond acceptors (Lipinski definition) is 6. The molecular weight excluding hydrogens is 408 g/mol. The van der Waals surface area contributed by atoms with Crippen LogP contribution in [0.5, 0.6) is 0 Å². The summed E-state index contributed by atoms with van der Waals surface area (Å²) < 4.78 is 5.45. The van der Waals surface area contributed by atoms with Crippen LogP contribution < -0.4 is 4.90 Å². The minimum absolute atomic E-state index is 0.125. The molecule has 7 heteroatoms. The smallest absolute Gasteiger partial charge is 0.237 e. The third-order valence-electron chi connectivity index (χ3n) is 5.89. The Labute approximate surface area is 186 Å². The zero-order valence-electron chi connectivity index (χ0n) is 17.7. The van der Waals surface area contributed by atoms with Crippen molar-refractivity contribution in [3.05, 3.63) is 59.9 Å². The fraction of sp³-hybridized carbons (Fsp3) is 0.375. The van der Waals surface area contributed by atoms with Gasteiger partial charge in [0.15, 0.2) is 0 Å². The largest absolute Gasteiger partial charge is 0.379 e. The van der Waals surface area contributed by atoms with Crippen LogP contribution in [0.15, 0.2) is 53.6 Å². The number of morpholine rings is 1. The third-order valence-corrected chi connectivity index (χ3v) is 6.87. The Morgan fingerprint density at radius 2 is 1.87 bits per heavy atom. The van der Waals surface area contributed by atoms with Crippen LogP contribution in [0.25, 0.3) is 10.9 Å². The highest BCUT2D eigenvalue weighted by molar-refractivity contribution is 8.00. The summed E-state index contributed by atoms with van der Waals surface area (Å²) in [4.78, 5) is 27.1. The maximum absolute atomic E-state index is 13.2. The zero-order valence-corrected chi connectivity index (χ0v) is 18.5. The minimum Gasteiger partial charge on any atom is -0.379 e. The number of ether oxygens (including phenoxy) is 1. The molecule has 0 bridgehead atoms. The molecule has 5 rings (SSSR count). The van der Waals surface area contributed by atoms with Gasteiger partial charge in [0.2, 0.25) is 5.91 Å². The molecule has 2 aliphatic rings. The van der Waals surface area contributed by atoms with Gasteiger partial charge in [-0.3, -0.25) is 9.69 Å². The fourth-order valence-corrected chi connectivity index (χ4v) is 5.28. The van der Waals surface area contributed by atoms with E-state index in [1.807, 2.05) is 47.4 Å². The Morgan fingerprint density at radius 3 is 2.74 bits per heavy atom. The van der Waals surface area contributed by atoms with Crippen molar-refractivity contribution in [2.75, 3.05) is 37.0 Å². The molecule has 1 aromatic heterocycles. The van der Waals surface area contributed by atoms with Crippen molar-refractivity contribution < 1.29 is 9.53 Å². The molecule has 0 spiro atoms. The fourth-order valence-electron chi connectivity index (χ4n) is 4.38. The van der Waals surface area contributed by atoms with Crippen molar-refractivity contribution in [1.29, 1.82) is 0 Å². The van der Waals surface area contributed by atoms with Crippen molar-refractivity contribution >= 4 is 34.3 Å². The lowest BCUT2D eigenvalue weighted by Crippen LogP contribution is -2.37. The number of carbonyl (C=O) groups excluding carboxylic acids is 1. The Kier molecular flexibility index (Phi) is 5.89. The van der Waals surface area contributed by atoms with E-state index in [0.717, 1.165) is 60.2 Å². The lowest BCUT2D eigenvalue weighted by Gasteiger charge is -2.26. The predicted molar refractivity (Wildman–Crippen MR) is 123 cm³/mol. The zero-order chi connectivity index (χ0) is 21.2. The molecule has 160 valence electrons. The highest BCUT2D eigenvalue weighted by Gasteiger charge is 2.30. The first kappa shape index (κ1) is 20.4. The second kappa shape index (κ2) is 8.94. The first-order valence-electron chi connectivity index (χ1n) is 10.8. The summed E-state index contributed by atoms with van der Waals surface area (Å²) in [6.45, 7) is 6.10. The van der Waals surface area contributed by atoms with Gasteiger partial charge in [0.25, 0.3) is 0 Å². The minimum atomic E-state index is 0.125. The van der Waals surface area contributed by atoms with Crippen LogP contribution in [0.4, 0.5) is 5.69 Å². The van der Waals surface area contributed by atoms with Crippen molar-refractivity contribution in [2.45, 2.75) is 31.0 Å². The summed E-state index contributed by atoms with van der Waals surface area (Å²) in [6, 6.07) is 16.4. The number of aromatic nitrogens is 2. The monoisotopic (exact) mass is 434 g/mol. The number of amides is 1. The second-order valence-electron chi connectivity index (χ2n) is 8.08. The Balaban J connectivity index is 1.36. The normalized spacial score (nSPS) is 19.0. The number of para-hydroxylation sites is 2. The predicted octanol–water partition coefficient (Wildman–Crippen LogP) is 3.53. The molecule has 6 nitrogen and oxygen atoms in total. The van der Waals surface area contributed by atoms with E-state index in [9.17, 15) is 4.79 Å². The third kappa shape index (κ3) is 4.31. The lowest BCUT2D eigenvalue weighted by molar-refractivity contribution is -0.116. The molecule has 1 amide bonds. The summed E-state index contributed by atoms with van der Waals surface area (Å²) in [7, 11) is 0. The number of nitrogens with zero attached hydrogens (tertiary/aromatic N) is 4. The number of rotatable bonds is 5. The van der Waals surface area contributed by atoms with E-state index in [4.69, 9.17) is 14.7 Å². The first-order chi connectivity index (χ1) is 15.2. The Hall–Kier alpha value is -2.48. The lowest BCUT2D eigenvalue weighted by atomic mass is 10.1. The maximum Gasteiger partial charge on any atom is 0.237 e. The van der Waals surface area contributed by atoms with Gasteiger partial charge in [-0.1, -0.05) is 48.2 Å². The standard InChI is InChI=1S/C24H26N4O2S/c1-17-14-18-6-2-5-9-21(18)28(17)23(29)16-31-24-19-7-3-4-8-20(19)25-22(26-24)15-27-10-12-30-13-11-27/h2-9,17H,10-16H2,1H3/t17-/m0/s1. The highest BCUT2D eigenvalue weighted by atomic mass is 32.2.